The molecule has 1 unspecified atom stereocenters. The number of ether oxygens (including phenoxy) is 1. The van der Waals surface area contributed by atoms with Gasteiger partial charge in [-0.2, -0.15) is 0 Å². The minimum Gasteiger partial charge on any atom is -0.483 e. The van der Waals surface area contributed by atoms with Gasteiger partial charge in [0.05, 0.1) is 5.56 Å². The summed E-state index contributed by atoms with van der Waals surface area (Å²) in [5, 5.41) is 3.06. The van der Waals surface area contributed by atoms with Crippen LogP contribution in [0.25, 0.3) is 0 Å². The Bertz CT molecular complexity index is 543. The number of benzene rings is 1. The largest absolute Gasteiger partial charge is 0.483 e. The minimum atomic E-state index is -0.104. The van der Waals surface area contributed by atoms with Gasteiger partial charge in [-0.1, -0.05) is 44.6 Å². The molecule has 5 heteroatoms. The van der Waals surface area contributed by atoms with Crippen LogP contribution >= 0.6 is 12.2 Å². The Hall–Kier alpha value is -1.62. The molecule has 4 nitrogen and oxygen atoms in total. The number of rotatable bonds is 5. The van der Waals surface area contributed by atoms with Crippen LogP contribution in [-0.4, -0.2) is 23.5 Å². The van der Waals surface area contributed by atoms with E-state index in [1.54, 1.807) is 12.1 Å². The van der Waals surface area contributed by atoms with E-state index < -0.39 is 0 Å². The van der Waals surface area contributed by atoms with Crippen molar-refractivity contribution >= 4 is 23.1 Å². The van der Waals surface area contributed by atoms with E-state index in [0.29, 0.717) is 11.3 Å². The highest BCUT2D eigenvalue weighted by molar-refractivity contribution is 7.80. The fraction of sp³-hybridized carbons (Fsp3) is 0.500. The zero-order valence-corrected chi connectivity index (χ0v) is 13.3. The average Bonchev–Trinajstić information content (AvgIpc) is 2.76. The van der Waals surface area contributed by atoms with Crippen LogP contribution in [0.15, 0.2) is 24.3 Å². The molecule has 0 spiro atoms. The molecule has 1 amide bonds. The van der Waals surface area contributed by atoms with Gasteiger partial charge in [-0.05, 0) is 30.4 Å². The molecule has 0 heterocycles. The molecule has 0 aliphatic heterocycles. The van der Waals surface area contributed by atoms with Gasteiger partial charge in [0, 0.05) is 6.04 Å². The fourth-order valence-electron chi connectivity index (χ4n) is 2.77. The summed E-state index contributed by atoms with van der Waals surface area (Å²) in [6.07, 6.45) is 3.33. The zero-order valence-electron chi connectivity index (χ0n) is 12.5. The summed E-state index contributed by atoms with van der Waals surface area (Å²) in [5.41, 5.74) is 6.45. The number of hydrogen-bond acceptors (Lipinski definition) is 3. The Morgan fingerprint density at radius 2 is 2.19 bits per heavy atom. The van der Waals surface area contributed by atoms with E-state index in [9.17, 15) is 4.79 Å². The van der Waals surface area contributed by atoms with Crippen molar-refractivity contribution in [3.63, 3.8) is 0 Å². The summed E-state index contributed by atoms with van der Waals surface area (Å²) in [6, 6.07) is 7.44. The maximum Gasteiger partial charge on any atom is 0.258 e. The van der Waals surface area contributed by atoms with Crippen LogP contribution in [0.1, 0.15) is 38.7 Å². The number of para-hydroxylation sites is 1. The summed E-state index contributed by atoms with van der Waals surface area (Å²) < 4.78 is 5.56. The number of thiocarbonyl (C=S) groups is 1. The maximum absolute atomic E-state index is 12.0. The molecule has 1 aromatic rings. The van der Waals surface area contributed by atoms with Crippen LogP contribution < -0.4 is 15.8 Å². The van der Waals surface area contributed by atoms with Crippen molar-refractivity contribution in [3.05, 3.63) is 29.8 Å². The molecule has 21 heavy (non-hydrogen) atoms. The molecule has 2 rings (SSSR count). The summed E-state index contributed by atoms with van der Waals surface area (Å²) in [5.74, 6) is 0.443. The van der Waals surface area contributed by atoms with Gasteiger partial charge in [0.25, 0.3) is 5.91 Å². The highest BCUT2D eigenvalue weighted by atomic mass is 32.1. The van der Waals surface area contributed by atoms with Crippen molar-refractivity contribution in [1.29, 1.82) is 0 Å². The monoisotopic (exact) mass is 306 g/mol. The predicted molar refractivity (Wildman–Crippen MR) is 87.4 cm³/mol. The lowest BCUT2D eigenvalue weighted by Gasteiger charge is -2.27. The van der Waals surface area contributed by atoms with Gasteiger partial charge in [-0.25, -0.2) is 0 Å². The molecular formula is C16H22N2O2S. The molecule has 1 fully saturated rings. The third-order valence-electron chi connectivity index (χ3n) is 4.10. The molecule has 1 aliphatic carbocycles. The third-order valence-corrected chi connectivity index (χ3v) is 4.32. The second kappa shape index (κ2) is 6.43. The molecular weight excluding hydrogens is 284 g/mol. The molecule has 0 aromatic heterocycles. The Morgan fingerprint density at radius 1 is 1.48 bits per heavy atom. The Balaban J connectivity index is 1.91. The van der Waals surface area contributed by atoms with Crippen LogP contribution in [0.3, 0.4) is 0 Å². The lowest BCUT2D eigenvalue weighted by molar-refractivity contribution is -0.124. The molecule has 1 aliphatic rings. The lowest BCUT2D eigenvalue weighted by atomic mass is 9.87. The van der Waals surface area contributed by atoms with Gasteiger partial charge < -0.3 is 15.8 Å². The van der Waals surface area contributed by atoms with Crippen molar-refractivity contribution < 1.29 is 9.53 Å². The molecule has 1 saturated carbocycles. The lowest BCUT2D eigenvalue weighted by Crippen LogP contribution is -2.43. The molecule has 0 bridgehead atoms. The molecule has 0 radical (unpaired) electrons. The quantitative estimate of drug-likeness (QED) is 0.820. The van der Waals surface area contributed by atoms with Gasteiger partial charge in [0.2, 0.25) is 0 Å². The van der Waals surface area contributed by atoms with Crippen molar-refractivity contribution in [2.24, 2.45) is 11.1 Å². The van der Waals surface area contributed by atoms with Crippen LogP contribution in [0.2, 0.25) is 0 Å². The number of nitrogens with one attached hydrogen (secondary N) is 1. The first-order valence-corrected chi connectivity index (χ1v) is 7.62. The van der Waals surface area contributed by atoms with Gasteiger partial charge >= 0.3 is 0 Å². The average molecular weight is 306 g/mol. The van der Waals surface area contributed by atoms with Gasteiger partial charge in [-0.3, -0.25) is 4.79 Å². The Labute approximate surface area is 131 Å². The van der Waals surface area contributed by atoms with Crippen LogP contribution in [0, 0.1) is 5.41 Å². The molecule has 114 valence electrons. The van der Waals surface area contributed by atoms with E-state index in [4.69, 9.17) is 22.7 Å². The summed E-state index contributed by atoms with van der Waals surface area (Å²) >= 11 is 4.97. The SMILES string of the molecule is CC1(C)CCCC1NC(=O)COc1ccccc1C(N)=S. The molecule has 1 atom stereocenters. The van der Waals surface area contributed by atoms with Crippen molar-refractivity contribution in [3.8, 4) is 5.75 Å². The first-order chi connectivity index (χ1) is 9.90. The van der Waals surface area contributed by atoms with E-state index in [1.165, 1.54) is 0 Å². The third kappa shape index (κ3) is 3.94. The van der Waals surface area contributed by atoms with Gasteiger partial charge in [0.15, 0.2) is 6.61 Å². The minimum absolute atomic E-state index is 0.0216. The fourth-order valence-corrected chi connectivity index (χ4v) is 2.94. The van der Waals surface area contributed by atoms with Gasteiger partial charge in [0.1, 0.15) is 10.7 Å². The Morgan fingerprint density at radius 3 is 2.81 bits per heavy atom. The van der Waals surface area contributed by atoms with E-state index in [-0.39, 0.29) is 29.0 Å². The molecule has 0 saturated heterocycles. The standard InChI is InChI=1S/C16H22N2O2S/c1-16(2)9-5-8-13(16)18-14(19)10-20-12-7-4-3-6-11(12)15(17)21/h3-4,6-7,13H,5,8-10H2,1-2H3,(H2,17,21)(H,18,19). The summed E-state index contributed by atoms with van der Waals surface area (Å²) in [7, 11) is 0. The van der Waals surface area contributed by atoms with Crippen LogP contribution in [0.4, 0.5) is 0 Å². The zero-order chi connectivity index (χ0) is 15.5. The first-order valence-electron chi connectivity index (χ1n) is 7.21. The topological polar surface area (TPSA) is 64.3 Å². The van der Waals surface area contributed by atoms with Crippen LogP contribution in [0.5, 0.6) is 5.75 Å². The van der Waals surface area contributed by atoms with E-state index in [1.807, 2.05) is 12.1 Å². The van der Waals surface area contributed by atoms with Gasteiger partial charge in [-0.15, -0.1) is 0 Å². The van der Waals surface area contributed by atoms with E-state index in [0.717, 1.165) is 19.3 Å². The van der Waals surface area contributed by atoms with E-state index in [2.05, 4.69) is 19.2 Å². The number of carbonyl (C=O) groups excluding carboxylic acids is 1. The smallest absolute Gasteiger partial charge is 0.258 e. The summed E-state index contributed by atoms with van der Waals surface area (Å²) in [4.78, 5) is 12.3. The normalized spacial score (nSPS) is 20.0. The number of hydrogen-bond donors (Lipinski definition) is 2. The number of amides is 1. The van der Waals surface area contributed by atoms with Crippen molar-refractivity contribution in [1.82, 2.24) is 5.32 Å². The van der Waals surface area contributed by atoms with Crippen LogP contribution in [-0.2, 0) is 4.79 Å². The maximum atomic E-state index is 12.0. The van der Waals surface area contributed by atoms with Crippen molar-refractivity contribution in [2.45, 2.75) is 39.2 Å². The number of nitrogens with two attached hydrogens (primary N) is 1. The second-order valence-electron chi connectivity index (χ2n) is 6.15. The second-order valence-corrected chi connectivity index (χ2v) is 6.59. The van der Waals surface area contributed by atoms with Crippen molar-refractivity contribution in [2.75, 3.05) is 6.61 Å². The highest BCUT2D eigenvalue weighted by Gasteiger charge is 2.35. The first kappa shape index (κ1) is 15.8. The summed E-state index contributed by atoms with van der Waals surface area (Å²) in [6.45, 7) is 4.36. The number of carbonyl (C=O) groups is 1. The van der Waals surface area contributed by atoms with E-state index >= 15 is 0 Å². The molecule has 1 aromatic carbocycles. The highest BCUT2D eigenvalue weighted by Crippen LogP contribution is 2.37. The Kier molecular flexibility index (Phi) is 4.83. The molecule has 3 N–H and O–H groups in total. The predicted octanol–water partition coefficient (Wildman–Crippen LogP) is 2.39.